The number of aliphatic hydroxyl groups is 1. The molecule has 1 saturated carbocycles. The normalized spacial score (nSPS) is 25.9. The zero-order valence-electron chi connectivity index (χ0n) is 17.0. The van der Waals surface area contributed by atoms with Gasteiger partial charge in [0.25, 0.3) is 0 Å². The van der Waals surface area contributed by atoms with Crippen LogP contribution in [0.2, 0.25) is 0 Å². The molecule has 4 N–H and O–H groups in total. The lowest BCUT2D eigenvalue weighted by atomic mass is 9.86. The van der Waals surface area contributed by atoms with Crippen LogP contribution in [0, 0.1) is 12.8 Å². The second kappa shape index (κ2) is 8.46. The number of H-pyrrole nitrogens is 2. The van der Waals surface area contributed by atoms with E-state index in [1.54, 1.807) is 0 Å². The van der Waals surface area contributed by atoms with Gasteiger partial charge in [0.15, 0.2) is 5.78 Å². The molecular formula is C23H28ClN3O3. The molecule has 0 amide bonds. The maximum Gasteiger partial charge on any atom is 0.169 e. The van der Waals surface area contributed by atoms with E-state index in [4.69, 9.17) is 4.74 Å². The van der Waals surface area contributed by atoms with Gasteiger partial charge in [0, 0.05) is 52.6 Å². The monoisotopic (exact) mass is 429 g/mol. The maximum absolute atomic E-state index is 12.8. The van der Waals surface area contributed by atoms with Gasteiger partial charge < -0.3 is 25.1 Å². The molecule has 30 heavy (non-hydrogen) atoms. The number of aromatic nitrogens is 2. The van der Waals surface area contributed by atoms with Crippen molar-refractivity contribution in [1.29, 1.82) is 0 Å². The summed E-state index contributed by atoms with van der Waals surface area (Å²) in [5.41, 5.74) is 4.02. The molecule has 4 unspecified atom stereocenters. The number of carbonyl (C=O) groups is 1. The van der Waals surface area contributed by atoms with Crippen molar-refractivity contribution in [3.05, 3.63) is 53.5 Å². The van der Waals surface area contributed by atoms with Gasteiger partial charge in [0.2, 0.25) is 0 Å². The van der Waals surface area contributed by atoms with Crippen LogP contribution >= 0.6 is 12.4 Å². The zero-order chi connectivity index (χ0) is 20.0. The van der Waals surface area contributed by atoms with Crippen LogP contribution in [0.25, 0.3) is 10.9 Å². The minimum atomic E-state index is -0.583. The van der Waals surface area contributed by atoms with Crippen molar-refractivity contribution in [2.45, 2.75) is 50.9 Å². The fourth-order valence-electron chi connectivity index (χ4n) is 4.80. The Kier molecular flexibility index (Phi) is 5.91. The first-order chi connectivity index (χ1) is 14.1. The third-order valence-corrected chi connectivity index (χ3v) is 6.41. The summed E-state index contributed by atoms with van der Waals surface area (Å²) in [4.78, 5) is 19.2. The van der Waals surface area contributed by atoms with Crippen LogP contribution in [0.1, 0.15) is 41.0 Å². The van der Waals surface area contributed by atoms with Crippen molar-refractivity contribution in [2.75, 3.05) is 6.54 Å². The number of halogens is 1. The van der Waals surface area contributed by atoms with E-state index >= 15 is 0 Å². The van der Waals surface area contributed by atoms with Crippen LogP contribution in [0.3, 0.4) is 0 Å². The predicted molar refractivity (Wildman–Crippen MR) is 119 cm³/mol. The highest BCUT2D eigenvalue weighted by molar-refractivity contribution is 6.00. The van der Waals surface area contributed by atoms with E-state index < -0.39 is 6.10 Å². The summed E-state index contributed by atoms with van der Waals surface area (Å²) >= 11 is 0. The summed E-state index contributed by atoms with van der Waals surface area (Å²) in [6, 6.07) is 9.85. The van der Waals surface area contributed by atoms with Crippen LogP contribution in [0.5, 0.6) is 5.75 Å². The second-order valence-electron chi connectivity index (χ2n) is 8.41. The number of Topliss-reactive ketones (excluding diaryl/α,β-unsaturated/α-hetero) is 1. The second-order valence-corrected chi connectivity index (χ2v) is 8.41. The van der Waals surface area contributed by atoms with Crippen molar-refractivity contribution in [3.63, 3.8) is 0 Å². The number of benzene rings is 1. The minimum Gasteiger partial charge on any atom is -0.488 e. The lowest BCUT2D eigenvalue weighted by Crippen LogP contribution is -2.44. The first-order valence-electron chi connectivity index (χ1n) is 10.5. The van der Waals surface area contributed by atoms with E-state index in [1.165, 1.54) is 0 Å². The molecule has 160 valence electrons. The van der Waals surface area contributed by atoms with Crippen LogP contribution < -0.4 is 10.1 Å². The molecular weight excluding hydrogens is 402 g/mol. The molecule has 4 atom stereocenters. The summed E-state index contributed by atoms with van der Waals surface area (Å²) in [6.45, 7) is 2.59. The Morgan fingerprint density at radius 2 is 2.07 bits per heavy atom. The smallest absolute Gasteiger partial charge is 0.169 e. The van der Waals surface area contributed by atoms with Gasteiger partial charge in [0.05, 0.1) is 0 Å². The Balaban J connectivity index is 0.00000218. The average Bonchev–Trinajstić information content (AvgIpc) is 3.41. The number of rotatable bonds is 5. The maximum atomic E-state index is 12.8. The minimum absolute atomic E-state index is 0. The highest BCUT2D eigenvalue weighted by Crippen LogP contribution is 2.29. The Morgan fingerprint density at radius 3 is 2.93 bits per heavy atom. The molecule has 0 radical (unpaired) electrons. The summed E-state index contributed by atoms with van der Waals surface area (Å²) in [5, 5.41) is 15.3. The fourth-order valence-corrected chi connectivity index (χ4v) is 4.80. The molecule has 6 nitrogen and oxygen atoms in total. The summed E-state index contributed by atoms with van der Waals surface area (Å²) in [5.74, 6) is 0.962. The molecule has 7 heteroatoms. The van der Waals surface area contributed by atoms with E-state index in [1.807, 2.05) is 43.5 Å². The van der Waals surface area contributed by atoms with Crippen LogP contribution in [-0.4, -0.2) is 45.7 Å². The molecule has 1 fully saturated rings. The van der Waals surface area contributed by atoms with Gasteiger partial charge in [-0.15, -0.1) is 12.4 Å². The first kappa shape index (κ1) is 21.0. The van der Waals surface area contributed by atoms with Crippen LogP contribution in [-0.2, 0) is 6.42 Å². The summed E-state index contributed by atoms with van der Waals surface area (Å²) in [7, 11) is 0. The van der Waals surface area contributed by atoms with E-state index in [-0.39, 0.29) is 36.3 Å². The molecule has 2 heterocycles. The number of hydrogen-bond acceptors (Lipinski definition) is 4. The Bertz CT molecular complexity index is 1040. The van der Waals surface area contributed by atoms with Gasteiger partial charge in [-0.2, -0.15) is 0 Å². The standard InChI is InChI=1S/C23H27N3O3.ClH/c1-13-10-17-19(26-13)4-2-15(22(17)27)12-25-20-6-7-21(23(20)28)29-16-3-5-18-14(11-16)8-9-24-18;/h3,5,8-11,15,20-21,23-26,28H,2,4,6-7,12H2,1H3;1H. The lowest BCUT2D eigenvalue weighted by molar-refractivity contribution is 0.0442. The van der Waals surface area contributed by atoms with Crippen molar-refractivity contribution in [2.24, 2.45) is 5.92 Å². The van der Waals surface area contributed by atoms with Crippen molar-refractivity contribution in [1.82, 2.24) is 15.3 Å². The Morgan fingerprint density at radius 1 is 1.20 bits per heavy atom. The number of aryl methyl sites for hydroxylation is 2. The summed E-state index contributed by atoms with van der Waals surface area (Å²) in [6.07, 6.45) is 4.48. The van der Waals surface area contributed by atoms with Gasteiger partial charge in [0.1, 0.15) is 18.0 Å². The zero-order valence-corrected chi connectivity index (χ0v) is 17.8. The first-order valence-corrected chi connectivity index (χ1v) is 10.5. The molecule has 2 aliphatic carbocycles. The van der Waals surface area contributed by atoms with E-state index in [2.05, 4.69) is 15.3 Å². The van der Waals surface area contributed by atoms with Gasteiger partial charge >= 0.3 is 0 Å². The highest BCUT2D eigenvalue weighted by atomic mass is 35.5. The van der Waals surface area contributed by atoms with E-state index in [9.17, 15) is 9.90 Å². The molecule has 5 rings (SSSR count). The average molecular weight is 430 g/mol. The van der Waals surface area contributed by atoms with Crippen LogP contribution in [0.4, 0.5) is 0 Å². The number of fused-ring (bicyclic) bond motifs is 2. The molecule has 0 spiro atoms. The largest absolute Gasteiger partial charge is 0.488 e. The topological polar surface area (TPSA) is 90.1 Å². The number of ether oxygens (including phenoxy) is 1. The Hall–Kier alpha value is -2.28. The Labute approximate surface area is 181 Å². The highest BCUT2D eigenvalue weighted by Gasteiger charge is 2.37. The third kappa shape index (κ3) is 3.87. The predicted octanol–water partition coefficient (Wildman–Crippen LogP) is 3.53. The van der Waals surface area contributed by atoms with Gasteiger partial charge in [-0.25, -0.2) is 0 Å². The van der Waals surface area contributed by atoms with Crippen molar-refractivity contribution < 1.29 is 14.6 Å². The quantitative estimate of drug-likeness (QED) is 0.499. The van der Waals surface area contributed by atoms with Gasteiger partial charge in [-0.05, 0) is 62.9 Å². The number of ketones is 1. The molecule has 0 aliphatic heterocycles. The molecule has 1 aromatic carbocycles. The number of carbonyl (C=O) groups excluding carboxylic acids is 1. The molecule has 0 bridgehead atoms. The summed E-state index contributed by atoms with van der Waals surface area (Å²) < 4.78 is 6.08. The van der Waals surface area contributed by atoms with Gasteiger partial charge in [-0.1, -0.05) is 0 Å². The number of aromatic amines is 2. The molecule has 3 aromatic rings. The van der Waals surface area contributed by atoms with E-state index in [0.29, 0.717) is 6.54 Å². The van der Waals surface area contributed by atoms with Crippen molar-refractivity contribution >= 4 is 29.1 Å². The van der Waals surface area contributed by atoms with Gasteiger partial charge in [-0.3, -0.25) is 4.79 Å². The fraction of sp³-hybridized carbons (Fsp3) is 0.435. The van der Waals surface area contributed by atoms with E-state index in [0.717, 1.165) is 59.3 Å². The lowest BCUT2D eigenvalue weighted by Gasteiger charge is -2.25. The number of nitrogens with one attached hydrogen (secondary N) is 3. The third-order valence-electron chi connectivity index (χ3n) is 6.41. The molecule has 2 aromatic heterocycles. The molecule has 0 saturated heterocycles. The van der Waals surface area contributed by atoms with Crippen LogP contribution in [0.15, 0.2) is 36.5 Å². The molecule has 2 aliphatic rings. The number of hydrogen-bond donors (Lipinski definition) is 4. The van der Waals surface area contributed by atoms with Crippen molar-refractivity contribution in [3.8, 4) is 5.75 Å². The number of aliphatic hydroxyl groups excluding tert-OH is 1. The SMILES string of the molecule is Cc1cc2c([nH]1)CCC(CNC1CCC(Oc3ccc4[nH]ccc4c3)C1O)C2=O.Cl.